The van der Waals surface area contributed by atoms with Crippen LogP contribution in [0.5, 0.6) is 0 Å². The second-order valence-corrected chi connectivity index (χ2v) is 8.83. The molecule has 0 bridgehead atoms. The number of hydrogen-bond acceptors (Lipinski definition) is 8. The van der Waals surface area contributed by atoms with Gasteiger partial charge in [-0.25, -0.2) is 14.4 Å². The summed E-state index contributed by atoms with van der Waals surface area (Å²) >= 11 is 0. The molecule has 5 rings (SSSR count). The number of nitrogens with zero attached hydrogens (tertiary/aromatic N) is 5. The van der Waals surface area contributed by atoms with Crippen molar-refractivity contribution in [3.63, 3.8) is 0 Å². The van der Waals surface area contributed by atoms with Gasteiger partial charge in [-0.1, -0.05) is 12.1 Å². The van der Waals surface area contributed by atoms with Crippen LogP contribution < -0.4 is 15.5 Å². The summed E-state index contributed by atoms with van der Waals surface area (Å²) in [5.74, 6) is 0.257. The highest BCUT2D eigenvalue weighted by molar-refractivity contribution is 5.88. The number of anilines is 2. The quantitative estimate of drug-likeness (QED) is 0.555. The van der Waals surface area contributed by atoms with Crippen molar-refractivity contribution in [2.75, 3.05) is 62.6 Å². The Morgan fingerprint density at radius 1 is 1.20 bits per heavy atom. The number of halogens is 1. The number of benzene rings is 1. The molecule has 10 heteroatoms. The number of fused-ring (bicyclic) bond motifs is 1. The Bertz CT molecular complexity index is 1160. The van der Waals surface area contributed by atoms with Gasteiger partial charge in [0.2, 0.25) is 0 Å². The number of hydrogen-bond donors (Lipinski definition) is 2. The second-order valence-electron chi connectivity index (χ2n) is 8.83. The number of rotatable bonds is 6. The Labute approximate surface area is 203 Å². The van der Waals surface area contributed by atoms with Crippen molar-refractivity contribution in [3.8, 4) is 11.3 Å². The summed E-state index contributed by atoms with van der Waals surface area (Å²) in [6, 6.07) is 10.1. The molecule has 4 heterocycles. The SMILES string of the molecule is CC(F)C(=O)N1CCN(c2ccc(-c3cc4nccnc4c(NC[C@@H]4CNCCO4)n3)cc2)CC1. The molecule has 2 aromatic heterocycles. The van der Waals surface area contributed by atoms with Crippen LogP contribution in [0.1, 0.15) is 6.92 Å². The van der Waals surface area contributed by atoms with Crippen LogP contribution in [0.3, 0.4) is 0 Å². The van der Waals surface area contributed by atoms with Gasteiger partial charge in [-0.15, -0.1) is 0 Å². The van der Waals surface area contributed by atoms with Gasteiger partial charge >= 0.3 is 0 Å². The molecule has 2 saturated heterocycles. The molecule has 1 aromatic carbocycles. The number of nitrogens with one attached hydrogen (secondary N) is 2. The van der Waals surface area contributed by atoms with Gasteiger partial charge in [0.15, 0.2) is 12.0 Å². The molecule has 0 radical (unpaired) electrons. The lowest BCUT2D eigenvalue weighted by atomic mass is 10.1. The minimum absolute atomic E-state index is 0.0732. The van der Waals surface area contributed by atoms with E-state index in [4.69, 9.17) is 9.72 Å². The molecular weight excluding hydrogens is 449 g/mol. The molecule has 35 heavy (non-hydrogen) atoms. The summed E-state index contributed by atoms with van der Waals surface area (Å²) in [5.41, 5.74) is 4.35. The highest BCUT2D eigenvalue weighted by Crippen LogP contribution is 2.27. The summed E-state index contributed by atoms with van der Waals surface area (Å²) in [6.07, 6.45) is 1.97. The van der Waals surface area contributed by atoms with Crippen LogP contribution in [0, 0.1) is 0 Å². The van der Waals surface area contributed by atoms with E-state index in [2.05, 4.69) is 37.6 Å². The monoisotopic (exact) mass is 479 g/mol. The molecule has 2 atom stereocenters. The predicted octanol–water partition coefficient (Wildman–Crippen LogP) is 2.10. The lowest BCUT2D eigenvalue weighted by Crippen LogP contribution is -2.50. The van der Waals surface area contributed by atoms with Crippen molar-refractivity contribution in [2.24, 2.45) is 0 Å². The zero-order chi connectivity index (χ0) is 24.2. The van der Waals surface area contributed by atoms with Gasteiger partial charge in [0.1, 0.15) is 5.52 Å². The summed E-state index contributed by atoms with van der Waals surface area (Å²) in [4.78, 5) is 29.5. The minimum Gasteiger partial charge on any atom is -0.374 e. The summed E-state index contributed by atoms with van der Waals surface area (Å²) < 4.78 is 19.1. The Morgan fingerprint density at radius 2 is 1.97 bits per heavy atom. The van der Waals surface area contributed by atoms with E-state index in [-0.39, 0.29) is 6.10 Å². The van der Waals surface area contributed by atoms with Gasteiger partial charge in [0.05, 0.1) is 23.9 Å². The molecule has 0 saturated carbocycles. The van der Waals surface area contributed by atoms with Crippen molar-refractivity contribution in [1.82, 2.24) is 25.2 Å². The molecule has 3 aromatic rings. The fourth-order valence-corrected chi connectivity index (χ4v) is 4.48. The molecule has 184 valence electrons. The first-order valence-electron chi connectivity index (χ1n) is 12.0. The zero-order valence-corrected chi connectivity index (χ0v) is 19.8. The van der Waals surface area contributed by atoms with Crippen molar-refractivity contribution in [1.29, 1.82) is 0 Å². The van der Waals surface area contributed by atoms with Gasteiger partial charge in [-0.05, 0) is 25.1 Å². The van der Waals surface area contributed by atoms with Crippen molar-refractivity contribution in [2.45, 2.75) is 19.2 Å². The van der Waals surface area contributed by atoms with E-state index in [1.807, 2.05) is 18.2 Å². The number of amides is 1. The zero-order valence-electron chi connectivity index (χ0n) is 19.8. The standard InChI is InChI=1S/C25H30FN7O2/c1-17(26)25(34)33-11-9-32(10-12-33)19-4-2-18(3-5-19)21-14-22-23(29-7-6-28-22)24(31-21)30-16-20-15-27-8-13-35-20/h2-7,14,17,20,27H,8-13,15-16H2,1H3,(H,30,31)/t17?,20-/m0/s1. The Morgan fingerprint density at radius 3 is 2.69 bits per heavy atom. The molecule has 1 unspecified atom stereocenters. The van der Waals surface area contributed by atoms with E-state index >= 15 is 0 Å². The third-order valence-corrected chi connectivity index (χ3v) is 6.42. The Balaban J connectivity index is 1.31. The number of carbonyl (C=O) groups excluding carboxylic acids is 1. The lowest BCUT2D eigenvalue weighted by molar-refractivity contribution is -0.136. The van der Waals surface area contributed by atoms with Crippen LogP contribution in [-0.4, -0.2) is 90.5 Å². The molecule has 0 spiro atoms. The Hall–Kier alpha value is -3.37. The predicted molar refractivity (Wildman–Crippen MR) is 133 cm³/mol. The van der Waals surface area contributed by atoms with Gasteiger partial charge in [0.25, 0.3) is 5.91 Å². The normalized spacial score (nSPS) is 19.5. The lowest BCUT2D eigenvalue weighted by Gasteiger charge is -2.36. The molecule has 2 aliphatic heterocycles. The van der Waals surface area contributed by atoms with Gasteiger partial charge in [-0.2, -0.15) is 0 Å². The average molecular weight is 480 g/mol. The second kappa shape index (κ2) is 10.5. The van der Waals surface area contributed by atoms with E-state index in [1.165, 1.54) is 6.92 Å². The smallest absolute Gasteiger partial charge is 0.256 e. The van der Waals surface area contributed by atoms with Crippen LogP contribution in [0.15, 0.2) is 42.7 Å². The number of carbonyl (C=O) groups is 1. The number of pyridine rings is 1. The van der Waals surface area contributed by atoms with Crippen LogP contribution in [0.4, 0.5) is 15.9 Å². The number of piperazine rings is 1. The third kappa shape index (κ3) is 5.33. The minimum atomic E-state index is -1.45. The first kappa shape index (κ1) is 23.4. The van der Waals surface area contributed by atoms with E-state index in [9.17, 15) is 9.18 Å². The molecule has 9 nitrogen and oxygen atoms in total. The molecular formula is C25H30FN7O2. The maximum atomic E-state index is 13.3. The first-order valence-corrected chi connectivity index (χ1v) is 12.0. The number of aromatic nitrogens is 3. The van der Waals surface area contributed by atoms with Crippen LogP contribution >= 0.6 is 0 Å². The number of alkyl halides is 1. The molecule has 2 N–H and O–H groups in total. The molecule has 2 fully saturated rings. The van der Waals surface area contributed by atoms with E-state index in [0.717, 1.165) is 41.1 Å². The van der Waals surface area contributed by atoms with Gasteiger partial charge in [0, 0.05) is 69.5 Å². The number of ether oxygens (including phenoxy) is 1. The topological polar surface area (TPSA) is 95.5 Å². The summed E-state index contributed by atoms with van der Waals surface area (Å²) in [7, 11) is 0. The van der Waals surface area contributed by atoms with E-state index < -0.39 is 12.1 Å². The maximum Gasteiger partial charge on any atom is 0.256 e. The fraction of sp³-hybridized carbons (Fsp3) is 0.440. The highest BCUT2D eigenvalue weighted by Gasteiger charge is 2.24. The molecule has 2 aliphatic rings. The van der Waals surface area contributed by atoms with Crippen LogP contribution in [-0.2, 0) is 9.53 Å². The molecule has 0 aliphatic carbocycles. The van der Waals surface area contributed by atoms with Gasteiger partial charge in [-0.3, -0.25) is 9.78 Å². The summed E-state index contributed by atoms with van der Waals surface area (Å²) in [6.45, 7) is 6.69. The van der Waals surface area contributed by atoms with Crippen LogP contribution in [0.2, 0.25) is 0 Å². The molecule has 1 amide bonds. The largest absolute Gasteiger partial charge is 0.374 e. The van der Waals surface area contributed by atoms with Crippen molar-refractivity contribution in [3.05, 3.63) is 42.7 Å². The average Bonchev–Trinajstić information content (AvgIpc) is 2.92. The summed E-state index contributed by atoms with van der Waals surface area (Å²) in [5, 5.41) is 6.74. The van der Waals surface area contributed by atoms with Crippen LogP contribution in [0.25, 0.3) is 22.3 Å². The first-order chi connectivity index (χ1) is 17.1. The third-order valence-electron chi connectivity index (χ3n) is 6.42. The number of morpholine rings is 1. The van der Waals surface area contributed by atoms with Crippen molar-refractivity contribution >= 4 is 28.4 Å². The van der Waals surface area contributed by atoms with Crippen molar-refractivity contribution < 1.29 is 13.9 Å². The maximum absolute atomic E-state index is 13.3. The fourth-order valence-electron chi connectivity index (χ4n) is 4.48. The van der Waals surface area contributed by atoms with E-state index in [1.54, 1.807) is 17.3 Å². The van der Waals surface area contributed by atoms with E-state index in [0.29, 0.717) is 45.1 Å². The highest BCUT2D eigenvalue weighted by atomic mass is 19.1. The Kier molecular flexibility index (Phi) is 7.01. The van der Waals surface area contributed by atoms with Gasteiger partial charge < -0.3 is 25.2 Å².